The SMILES string of the molecule is COC(C)(C)CC(O)CC1CC1. The highest BCUT2D eigenvalue weighted by Crippen LogP contribution is 2.35. The number of hydrogen-bond acceptors (Lipinski definition) is 2. The second kappa shape index (κ2) is 3.75. The monoisotopic (exact) mass is 172 g/mol. The lowest BCUT2D eigenvalue weighted by molar-refractivity contribution is -0.0221. The van der Waals surface area contributed by atoms with Crippen LogP contribution in [0.1, 0.15) is 39.5 Å². The van der Waals surface area contributed by atoms with Gasteiger partial charge < -0.3 is 9.84 Å². The zero-order chi connectivity index (χ0) is 9.19. The predicted octanol–water partition coefficient (Wildman–Crippen LogP) is 1.96. The highest BCUT2D eigenvalue weighted by Gasteiger charge is 2.28. The number of methoxy groups -OCH3 is 1. The molecule has 1 atom stereocenters. The van der Waals surface area contributed by atoms with E-state index in [1.165, 1.54) is 12.8 Å². The van der Waals surface area contributed by atoms with Gasteiger partial charge in [0, 0.05) is 13.5 Å². The van der Waals surface area contributed by atoms with Gasteiger partial charge >= 0.3 is 0 Å². The molecule has 0 aliphatic heterocycles. The Labute approximate surface area is 74.9 Å². The minimum atomic E-state index is -0.174. The van der Waals surface area contributed by atoms with Gasteiger partial charge in [0.25, 0.3) is 0 Å². The molecule has 0 bridgehead atoms. The van der Waals surface area contributed by atoms with Gasteiger partial charge in [0.05, 0.1) is 11.7 Å². The van der Waals surface area contributed by atoms with E-state index in [0.29, 0.717) is 0 Å². The Morgan fingerprint density at radius 3 is 2.50 bits per heavy atom. The number of aliphatic hydroxyl groups is 1. The van der Waals surface area contributed by atoms with Crippen LogP contribution in [0.25, 0.3) is 0 Å². The minimum Gasteiger partial charge on any atom is -0.393 e. The van der Waals surface area contributed by atoms with Crippen molar-refractivity contribution in [3.8, 4) is 0 Å². The summed E-state index contributed by atoms with van der Waals surface area (Å²) in [6, 6.07) is 0. The van der Waals surface area contributed by atoms with Crippen molar-refractivity contribution in [2.75, 3.05) is 7.11 Å². The minimum absolute atomic E-state index is 0.172. The summed E-state index contributed by atoms with van der Waals surface area (Å²) in [6.07, 6.45) is 4.16. The summed E-state index contributed by atoms with van der Waals surface area (Å²) in [5, 5.41) is 9.65. The van der Waals surface area contributed by atoms with Gasteiger partial charge in [-0.2, -0.15) is 0 Å². The molecule has 1 fully saturated rings. The van der Waals surface area contributed by atoms with Crippen molar-refractivity contribution in [1.82, 2.24) is 0 Å². The van der Waals surface area contributed by atoms with Crippen molar-refractivity contribution in [3.63, 3.8) is 0 Å². The Morgan fingerprint density at radius 1 is 1.50 bits per heavy atom. The molecule has 2 heteroatoms. The summed E-state index contributed by atoms with van der Waals surface area (Å²) in [5.41, 5.74) is -0.172. The van der Waals surface area contributed by atoms with E-state index in [1.807, 2.05) is 13.8 Å². The van der Waals surface area contributed by atoms with E-state index < -0.39 is 0 Å². The molecule has 1 rings (SSSR count). The van der Waals surface area contributed by atoms with Crippen LogP contribution in [-0.2, 0) is 4.74 Å². The molecule has 72 valence electrons. The largest absolute Gasteiger partial charge is 0.393 e. The number of aliphatic hydroxyl groups excluding tert-OH is 1. The average Bonchev–Trinajstić information content (AvgIpc) is 2.70. The third-order valence-corrected chi connectivity index (χ3v) is 2.58. The van der Waals surface area contributed by atoms with E-state index in [4.69, 9.17) is 4.74 Å². The van der Waals surface area contributed by atoms with Gasteiger partial charge in [-0.15, -0.1) is 0 Å². The Balaban J connectivity index is 2.18. The number of ether oxygens (including phenoxy) is 1. The second-order valence-electron chi connectivity index (χ2n) is 4.50. The molecule has 0 heterocycles. The fourth-order valence-corrected chi connectivity index (χ4v) is 1.47. The van der Waals surface area contributed by atoms with Crippen LogP contribution in [0, 0.1) is 5.92 Å². The third kappa shape index (κ3) is 3.55. The van der Waals surface area contributed by atoms with Gasteiger partial charge in [0.15, 0.2) is 0 Å². The maximum Gasteiger partial charge on any atom is 0.0647 e. The smallest absolute Gasteiger partial charge is 0.0647 e. The molecule has 0 saturated heterocycles. The molecule has 1 aliphatic carbocycles. The van der Waals surface area contributed by atoms with E-state index in [1.54, 1.807) is 7.11 Å². The normalized spacial score (nSPS) is 21.0. The lowest BCUT2D eigenvalue weighted by Gasteiger charge is -2.25. The van der Waals surface area contributed by atoms with E-state index in [0.717, 1.165) is 18.8 Å². The molecule has 12 heavy (non-hydrogen) atoms. The van der Waals surface area contributed by atoms with Crippen LogP contribution in [0.4, 0.5) is 0 Å². The fourth-order valence-electron chi connectivity index (χ4n) is 1.47. The molecule has 0 aromatic heterocycles. The van der Waals surface area contributed by atoms with Crippen LogP contribution in [-0.4, -0.2) is 23.9 Å². The van der Waals surface area contributed by atoms with Gasteiger partial charge in [0.2, 0.25) is 0 Å². The van der Waals surface area contributed by atoms with Gasteiger partial charge in [-0.1, -0.05) is 12.8 Å². The Kier molecular flexibility index (Phi) is 3.13. The number of rotatable bonds is 5. The van der Waals surface area contributed by atoms with Crippen LogP contribution in [0.15, 0.2) is 0 Å². The molecule has 0 aromatic carbocycles. The number of hydrogen-bond donors (Lipinski definition) is 1. The molecular weight excluding hydrogens is 152 g/mol. The third-order valence-electron chi connectivity index (χ3n) is 2.58. The molecule has 0 radical (unpaired) electrons. The first-order chi connectivity index (χ1) is 5.53. The zero-order valence-corrected chi connectivity index (χ0v) is 8.34. The first-order valence-corrected chi connectivity index (χ1v) is 4.77. The summed E-state index contributed by atoms with van der Waals surface area (Å²) in [7, 11) is 1.70. The standard InChI is InChI=1S/C10H20O2/c1-10(2,12-3)7-9(11)6-8-4-5-8/h8-9,11H,4-7H2,1-3H3. The zero-order valence-electron chi connectivity index (χ0n) is 8.34. The lowest BCUT2D eigenvalue weighted by atomic mass is 9.97. The molecule has 1 aliphatic rings. The summed E-state index contributed by atoms with van der Waals surface area (Å²) in [4.78, 5) is 0. The molecular formula is C10H20O2. The van der Waals surface area contributed by atoms with Gasteiger partial charge in [-0.05, 0) is 26.2 Å². The summed E-state index contributed by atoms with van der Waals surface area (Å²) < 4.78 is 5.25. The first kappa shape index (κ1) is 10.0. The highest BCUT2D eigenvalue weighted by atomic mass is 16.5. The van der Waals surface area contributed by atoms with Gasteiger partial charge in [-0.3, -0.25) is 0 Å². The summed E-state index contributed by atoms with van der Waals surface area (Å²) in [6.45, 7) is 4.03. The van der Waals surface area contributed by atoms with Crippen molar-refractivity contribution in [3.05, 3.63) is 0 Å². The molecule has 1 saturated carbocycles. The lowest BCUT2D eigenvalue weighted by Crippen LogP contribution is -2.28. The van der Waals surface area contributed by atoms with Crippen molar-refractivity contribution in [2.24, 2.45) is 5.92 Å². The maximum atomic E-state index is 9.65. The summed E-state index contributed by atoms with van der Waals surface area (Å²) >= 11 is 0. The van der Waals surface area contributed by atoms with Crippen molar-refractivity contribution >= 4 is 0 Å². The highest BCUT2D eigenvalue weighted by molar-refractivity contribution is 4.80. The second-order valence-corrected chi connectivity index (χ2v) is 4.50. The quantitative estimate of drug-likeness (QED) is 0.687. The molecule has 0 aromatic rings. The first-order valence-electron chi connectivity index (χ1n) is 4.77. The van der Waals surface area contributed by atoms with Crippen molar-refractivity contribution < 1.29 is 9.84 Å². The van der Waals surface area contributed by atoms with Crippen LogP contribution in [0.5, 0.6) is 0 Å². The van der Waals surface area contributed by atoms with Crippen LogP contribution >= 0.6 is 0 Å². The Hall–Kier alpha value is -0.0800. The Morgan fingerprint density at radius 2 is 2.08 bits per heavy atom. The van der Waals surface area contributed by atoms with Gasteiger partial charge in [-0.25, -0.2) is 0 Å². The topological polar surface area (TPSA) is 29.5 Å². The van der Waals surface area contributed by atoms with Crippen molar-refractivity contribution in [1.29, 1.82) is 0 Å². The van der Waals surface area contributed by atoms with Crippen LogP contribution < -0.4 is 0 Å². The fraction of sp³-hybridized carbons (Fsp3) is 1.00. The Bertz CT molecular complexity index is 139. The van der Waals surface area contributed by atoms with Crippen LogP contribution in [0.3, 0.4) is 0 Å². The molecule has 0 spiro atoms. The van der Waals surface area contributed by atoms with E-state index in [2.05, 4.69) is 0 Å². The molecule has 1 N–H and O–H groups in total. The molecule has 1 unspecified atom stereocenters. The van der Waals surface area contributed by atoms with E-state index in [-0.39, 0.29) is 11.7 Å². The van der Waals surface area contributed by atoms with Crippen molar-refractivity contribution in [2.45, 2.75) is 51.2 Å². The van der Waals surface area contributed by atoms with E-state index >= 15 is 0 Å². The van der Waals surface area contributed by atoms with Gasteiger partial charge in [0.1, 0.15) is 0 Å². The molecule has 2 nitrogen and oxygen atoms in total. The average molecular weight is 172 g/mol. The molecule has 0 amide bonds. The van der Waals surface area contributed by atoms with E-state index in [9.17, 15) is 5.11 Å². The maximum absolute atomic E-state index is 9.65. The van der Waals surface area contributed by atoms with Crippen LogP contribution in [0.2, 0.25) is 0 Å². The summed E-state index contributed by atoms with van der Waals surface area (Å²) in [5.74, 6) is 0.799. The predicted molar refractivity (Wildman–Crippen MR) is 49.1 cm³/mol.